The van der Waals surface area contributed by atoms with Gasteiger partial charge in [-0.15, -0.1) is 11.3 Å². The maximum absolute atomic E-state index is 9.97. The second kappa shape index (κ2) is 4.92. The van der Waals surface area contributed by atoms with Gasteiger partial charge in [-0.1, -0.05) is 30.3 Å². The van der Waals surface area contributed by atoms with Crippen LogP contribution in [0.1, 0.15) is 16.5 Å². The summed E-state index contributed by atoms with van der Waals surface area (Å²) < 4.78 is 1.11. The summed E-state index contributed by atoms with van der Waals surface area (Å²) in [7, 11) is 0. The number of hydrogen-bond donors (Lipinski definition) is 1. The topological polar surface area (TPSA) is 20.2 Å². The zero-order valence-electron chi connectivity index (χ0n) is 8.06. The first-order chi connectivity index (χ1) is 7.25. The first kappa shape index (κ1) is 10.9. The van der Waals surface area contributed by atoms with E-state index in [4.69, 9.17) is 0 Å². The van der Waals surface area contributed by atoms with Gasteiger partial charge in [0, 0.05) is 11.3 Å². The van der Waals surface area contributed by atoms with Crippen LogP contribution in [0.25, 0.3) is 0 Å². The highest BCUT2D eigenvalue weighted by atomic mass is 79.9. The maximum atomic E-state index is 9.97. The molecular weight excluding hydrogens is 272 g/mol. The normalized spacial score (nSPS) is 12.7. The smallest absolute Gasteiger partial charge is 0.0838 e. The minimum Gasteiger partial charge on any atom is -0.388 e. The molecule has 2 rings (SSSR count). The molecule has 0 saturated heterocycles. The summed E-state index contributed by atoms with van der Waals surface area (Å²) in [5.74, 6) is 0. The van der Waals surface area contributed by atoms with Crippen molar-refractivity contribution in [1.82, 2.24) is 0 Å². The summed E-state index contributed by atoms with van der Waals surface area (Å²) in [6, 6.07) is 13.8. The van der Waals surface area contributed by atoms with Gasteiger partial charge in [0.1, 0.15) is 0 Å². The Kier molecular flexibility index (Phi) is 3.57. The molecule has 0 aliphatic carbocycles. The average Bonchev–Trinajstić information content (AvgIpc) is 2.65. The summed E-state index contributed by atoms with van der Waals surface area (Å²) >= 11 is 5.08. The van der Waals surface area contributed by atoms with Gasteiger partial charge in [-0.05, 0) is 33.6 Å². The van der Waals surface area contributed by atoms with Crippen molar-refractivity contribution in [3.63, 3.8) is 0 Å². The molecule has 3 heteroatoms. The number of benzene rings is 1. The Morgan fingerprint density at radius 2 is 1.87 bits per heavy atom. The van der Waals surface area contributed by atoms with E-state index in [1.165, 1.54) is 4.88 Å². The van der Waals surface area contributed by atoms with Crippen LogP contribution in [-0.4, -0.2) is 5.11 Å². The molecule has 1 unspecified atom stereocenters. The quantitative estimate of drug-likeness (QED) is 0.908. The molecule has 78 valence electrons. The van der Waals surface area contributed by atoms with Crippen LogP contribution in [0.4, 0.5) is 0 Å². The molecule has 0 spiro atoms. The molecule has 15 heavy (non-hydrogen) atoms. The minimum absolute atomic E-state index is 0.406. The summed E-state index contributed by atoms with van der Waals surface area (Å²) in [6.07, 6.45) is 0.275. The van der Waals surface area contributed by atoms with E-state index in [0.717, 1.165) is 9.35 Å². The molecule has 1 heterocycles. The number of rotatable bonds is 3. The minimum atomic E-state index is -0.406. The van der Waals surface area contributed by atoms with Gasteiger partial charge in [-0.3, -0.25) is 0 Å². The predicted molar refractivity (Wildman–Crippen MR) is 67.1 cm³/mol. The second-order valence-electron chi connectivity index (χ2n) is 3.34. The van der Waals surface area contributed by atoms with Crippen molar-refractivity contribution in [2.45, 2.75) is 12.5 Å². The first-order valence-electron chi connectivity index (χ1n) is 4.73. The first-order valence-corrected chi connectivity index (χ1v) is 6.34. The Balaban J connectivity index is 2.07. The van der Waals surface area contributed by atoms with Gasteiger partial charge in [0.15, 0.2) is 0 Å². The van der Waals surface area contributed by atoms with E-state index < -0.39 is 6.10 Å². The molecule has 1 N–H and O–H groups in total. The number of thiophene rings is 1. The van der Waals surface area contributed by atoms with Gasteiger partial charge in [0.25, 0.3) is 0 Å². The van der Waals surface area contributed by atoms with Crippen molar-refractivity contribution in [2.75, 3.05) is 0 Å². The fraction of sp³-hybridized carbons (Fsp3) is 0.167. The van der Waals surface area contributed by atoms with Crippen molar-refractivity contribution in [1.29, 1.82) is 0 Å². The molecule has 0 aliphatic heterocycles. The van der Waals surface area contributed by atoms with Gasteiger partial charge in [0.05, 0.1) is 9.89 Å². The molecule has 0 saturated carbocycles. The number of hydrogen-bond acceptors (Lipinski definition) is 2. The monoisotopic (exact) mass is 282 g/mol. The van der Waals surface area contributed by atoms with Gasteiger partial charge in [-0.2, -0.15) is 0 Å². The van der Waals surface area contributed by atoms with E-state index in [-0.39, 0.29) is 0 Å². The Labute approximate surface area is 102 Å². The third kappa shape index (κ3) is 2.91. The van der Waals surface area contributed by atoms with Crippen LogP contribution in [0.5, 0.6) is 0 Å². The lowest BCUT2D eigenvalue weighted by molar-refractivity contribution is 0.179. The fourth-order valence-corrected chi connectivity index (χ4v) is 2.96. The van der Waals surface area contributed by atoms with Gasteiger partial charge in [-0.25, -0.2) is 0 Å². The Morgan fingerprint density at radius 1 is 1.13 bits per heavy atom. The summed E-state index contributed by atoms with van der Waals surface area (Å²) in [4.78, 5) is 1.19. The fourth-order valence-electron chi connectivity index (χ4n) is 1.45. The van der Waals surface area contributed by atoms with Gasteiger partial charge < -0.3 is 5.11 Å². The molecule has 1 aromatic heterocycles. The Hall–Kier alpha value is -0.640. The average molecular weight is 283 g/mol. The summed E-state index contributed by atoms with van der Waals surface area (Å²) in [6.45, 7) is 0. The highest BCUT2D eigenvalue weighted by Crippen LogP contribution is 2.26. The van der Waals surface area contributed by atoms with Crippen molar-refractivity contribution >= 4 is 27.3 Å². The lowest BCUT2D eigenvalue weighted by Crippen LogP contribution is -1.99. The predicted octanol–water partition coefficient (Wildman–Crippen LogP) is 3.79. The largest absolute Gasteiger partial charge is 0.388 e. The molecule has 1 aromatic carbocycles. The summed E-state index contributed by atoms with van der Waals surface area (Å²) in [5, 5.41) is 9.97. The molecule has 0 aliphatic rings. The van der Waals surface area contributed by atoms with Crippen LogP contribution in [0.2, 0.25) is 0 Å². The summed E-state index contributed by atoms with van der Waals surface area (Å²) in [5.41, 5.74) is 0.974. The van der Waals surface area contributed by atoms with Crippen molar-refractivity contribution < 1.29 is 5.11 Å². The van der Waals surface area contributed by atoms with Crippen molar-refractivity contribution in [3.8, 4) is 0 Å². The molecule has 1 atom stereocenters. The van der Waals surface area contributed by atoms with Crippen LogP contribution in [-0.2, 0) is 6.42 Å². The second-order valence-corrected chi connectivity index (χ2v) is 5.88. The highest BCUT2D eigenvalue weighted by Gasteiger charge is 2.09. The Bertz CT molecular complexity index is 424. The molecule has 0 radical (unpaired) electrons. The number of aliphatic hydroxyl groups excluding tert-OH is 1. The van der Waals surface area contributed by atoms with Crippen LogP contribution in [0.15, 0.2) is 46.3 Å². The molecule has 0 amide bonds. The van der Waals surface area contributed by atoms with Crippen LogP contribution >= 0.6 is 27.3 Å². The van der Waals surface area contributed by atoms with Crippen molar-refractivity contribution in [2.24, 2.45) is 0 Å². The van der Waals surface area contributed by atoms with Gasteiger partial charge in [0.2, 0.25) is 0 Å². The van der Waals surface area contributed by atoms with E-state index in [1.807, 2.05) is 42.5 Å². The third-order valence-corrected chi connectivity index (χ3v) is 3.85. The number of halogens is 1. The Morgan fingerprint density at radius 3 is 2.47 bits per heavy atom. The molecule has 2 aromatic rings. The lowest BCUT2D eigenvalue weighted by Gasteiger charge is -2.08. The van der Waals surface area contributed by atoms with Crippen molar-refractivity contribution in [3.05, 3.63) is 56.7 Å². The third-order valence-electron chi connectivity index (χ3n) is 2.21. The zero-order chi connectivity index (χ0) is 10.7. The van der Waals surface area contributed by atoms with E-state index in [9.17, 15) is 5.11 Å². The standard InChI is InChI=1S/C12H11BrOS/c13-12-7-6-10(15-12)8-11(14)9-4-2-1-3-5-9/h1-7,11,14H,8H2. The highest BCUT2D eigenvalue weighted by molar-refractivity contribution is 9.11. The molecule has 0 fully saturated rings. The van der Waals surface area contributed by atoms with E-state index in [2.05, 4.69) is 15.9 Å². The van der Waals surface area contributed by atoms with Crippen LogP contribution < -0.4 is 0 Å². The van der Waals surface area contributed by atoms with E-state index in [1.54, 1.807) is 11.3 Å². The van der Waals surface area contributed by atoms with E-state index in [0.29, 0.717) is 6.42 Å². The zero-order valence-corrected chi connectivity index (χ0v) is 10.5. The molecule has 1 nitrogen and oxygen atoms in total. The number of aliphatic hydroxyl groups is 1. The maximum Gasteiger partial charge on any atom is 0.0838 e. The van der Waals surface area contributed by atoms with Crippen LogP contribution in [0.3, 0.4) is 0 Å². The van der Waals surface area contributed by atoms with E-state index >= 15 is 0 Å². The lowest BCUT2D eigenvalue weighted by atomic mass is 10.1. The SMILES string of the molecule is OC(Cc1ccc(Br)s1)c1ccccc1. The molecular formula is C12H11BrOS. The molecule has 0 bridgehead atoms. The van der Waals surface area contributed by atoms with Crippen LogP contribution in [0, 0.1) is 0 Å². The van der Waals surface area contributed by atoms with Gasteiger partial charge >= 0.3 is 0 Å².